The smallest absolute Gasteiger partial charge is 0.179 e. The van der Waals surface area contributed by atoms with Crippen LogP contribution in [0, 0.1) is 0 Å². The molecule has 0 aliphatic carbocycles. The summed E-state index contributed by atoms with van der Waals surface area (Å²) in [4.78, 5) is 14.5. The fourth-order valence-corrected chi connectivity index (χ4v) is 2.15. The number of ketones is 1. The van der Waals surface area contributed by atoms with Crippen molar-refractivity contribution >= 4 is 5.78 Å². The maximum absolute atomic E-state index is 12.4. The van der Waals surface area contributed by atoms with Gasteiger partial charge in [0.1, 0.15) is 0 Å². The topological polar surface area (TPSA) is 33.5 Å². The molecule has 0 amide bonds. The van der Waals surface area contributed by atoms with Gasteiger partial charge in [-0.2, -0.15) is 0 Å². The number of nitrogens with zero attached hydrogens (tertiary/aromatic N) is 1. The molecule has 0 bridgehead atoms. The molecule has 1 unspecified atom stereocenters. The van der Waals surface area contributed by atoms with E-state index in [4.69, 9.17) is 4.42 Å². The Balaban J connectivity index is 2.03. The molecule has 1 aromatic heterocycles. The van der Waals surface area contributed by atoms with E-state index < -0.39 is 0 Å². The number of benzene rings is 1. The Morgan fingerprint density at radius 1 is 1.20 bits per heavy atom. The number of furan rings is 1. The zero-order valence-electron chi connectivity index (χ0n) is 12.3. The molecule has 2 aromatic rings. The van der Waals surface area contributed by atoms with Crippen LogP contribution in [0.5, 0.6) is 0 Å². The quantitative estimate of drug-likeness (QED) is 0.753. The lowest BCUT2D eigenvalue weighted by Gasteiger charge is -2.23. The fraction of sp³-hybridized carbons (Fsp3) is 0.353. The van der Waals surface area contributed by atoms with Crippen LogP contribution in [0.15, 0.2) is 47.3 Å². The van der Waals surface area contributed by atoms with Crippen LogP contribution >= 0.6 is 0 Å². The van der Waals surface area contributed by atoms with Gasteiger partial charge in [0.05, 0.1) is 18.6 Å². The van der Waals surface area contributed by atoms with Crippen LogP contribution in [0.3, 0.4) is 0 Å². The maximum atomic E-state index is 12.4. The van der Waals surface area contributed by atoms with Crippen LogP contribution in [0.1, 0.15) is 35.3 Å². The summed E-state index contributed by atoms with van der Waals surface area (Å²) in [6.45, 7) is 4.75. The average molecular weight is 271 g/mol. The zero-order valence-corrected chi connectivity index (χ0v) is 12.3. The van der Waals surface area contributed by atoms with Crippen molar-refractivity contribution in [2.75, 3.05) is 7.05 Å². The lowest BCUT2D eigenvalue weighted by atomic mass is 10.0. The SMILES string of the molecule is CCc1ccc(C(=O)C(C)N(C)Cc2ccoc2)cc1. The number of rotatable bonds is 6. The third kappa shape index (κ3) is 3.36. The van der Waals surface area contributed by atoms with Crippen molar-refractivity contribution in [3.05, 3.63) is 59.5 Å². The van der Waals surface area contributed by atoms with E-state index in [1.54, 1.807) is 12.5 Å². The van der Waals surface area contributed by atoms with Gasteiger partial charge in [-0.05, 0) is 32.0 Å². The van der Waals surface area contributed by atoms with Crippen LogP contribution in [0.2, 0.25) is 0 Å². The lowest BCUT2D eigenvalue weighted by Crippen LogP contribution is -2.35. The van der Waals surface area contributed by atoms with E-state index in [0.29, 0.717) is 6.54 Å². The Kier molecular flexibility index (Phi) is 4.74. The van der Waals surface area contributed by atoms with Crippen LogP contribution in [-0.4, -0.2) is 23.8 Å². The molecule has 0 fully saturated rings. The number of carbonyl (C=O) groups is 1. The highest BCUT2D eigenvalue weighted by atomic mass is 16.3. The number of hydrogen-bond donors (Lipinski definition) is 0. The van der Waals surface area contributed by atoms with E-state index in [2.05, 4.69) is 6.92 Å². The first-order valence-corrected chi connectivity index (χ1v) is 6.96. The molecule has 2 rings (SSSR count). The summed E-state index contributed by atoms with van der Waals surface area (Å²) in [7, 11) is 1.95. The summed E-state index contributed by atoms with van der Waals surface area (Å²) >= 11 is 0. The first-order chi connectivity index (χ1) is 9.61. The molecule has 0 N–H and O–H groups in total. The molecule has 1 atom stereocenters. The van der Waals surface area contributed by atoms with Gasteiger partial charge in [0.15, 0.2) is 5.78 Å². The number of aryl methyl sites for hydroxylation is 1. The summed E-state index contributed by atoms with van der Waals surface area (Å²) in [5.74, 6) is 0.152. The highest BCUT2D eigenvalue weighted by Gasteiger charge is 2.19. The highest BCUT2D eigenvalue weighted by molar-refractivity contribution is 5.99. The van der Waals surface area contributed by atoms with Crippen LogP contribution in [-0.2, 0) is 13.0 Å². The molecule has 0 saturated carbocycles. The molecule has 3 nitrogen and oxygen atoms in total. The predicted octanol–water partition coefficient (Wildman–Crippen LogP) is 3.55. The first-order valence-electron chi connectivity index (χ1n) is 6.96. The summed E-state index contributed by atoms with van der Waals surface area (Å²) in [5.41, 5.74) is 3.10. The summed E-state index contributed by atoms with van der Waals surface area (Å²) < 4.78 is 5.05. The Morgan fingerprint density at radius 2 is 1.90 bits per heavy atom. The number of likely N-dealkylation sites (N-methyl/N-ethyl adjacent to an activating group) is 1. The molecule has 0 radical (unpaired) electrons. The van der Waals surface area contributed by atoms with E-state index in [9.17, 15) is 4.79 Å². The van der Waals surface area contributed by atoms with Gasteiger partial charge >= 0.3 is 0 Å². The Morgan fingerprint density at radius 3 is 2.45 bits per heavy atom. The van der Waals surface area contributed by atoms with Crippen molar-refractivity contribution in [2.45, 2.75) is 32.9 Å². The van der Waals surface area contributed by atoms with Crippen molar-refractivity contribution in [1.29, 1.82) is 0 Å². The van der Waals surface area contributed by atoms with E-state index in [1.807, 2.05) is 49.2 Å². The van der Waals surface area contributed by atoms with Gasteiger partial charge in [-0.15, -0.1) is 0 Å². The molecular formula is C17H21NO2. The van der Waals surface area contributed by atoms with Crippen molar-refractivity contribution in [2.24, 2.45) is 0 Å². The Hall–Kier alpha value is -1.87. The number of Topliss-reactive ketones (excluding diaryl/α,β-unsaturated/α-hetero) is 1. The number of carbonyl (C=O) groups excluding carboxylic acids is 1. The van der Waals surface area contributed by atoms with Gasteiger partial charge in [0.25, 0.3) is 0 Å². The van der Waals surface area contributed by atoms with E-state index in [0.717, 1.165) is 17.5 Å². The van der Waals surface area contributed by atoms with Gasteiger partial charge in [-0.1, -0.05) is 31.2 Å². The molecule has 0 saturated heterocycles. The monoisotopic (exact) mass is 271 g/mol. The normalized spacial score (nSPS) is 12.6. The molecule has 0 aliphatic heterocycles. The van der Waals surface area contributed by atoms with Crippen molar-refractivity contribution < 1.29 is 9.21 Å². The van der Waals surface area contributed by atoms with Gasteiger partial charge in [0.2, 0.25) is 0 Å². The average Bonchev–Trinajstić information content (AvgIpc) is 2.98. The largest absolute Gasteiger partial charge is 0.472 e. The van der Waals surface area contributed by atoms with Crippen molar-refractivity contribution in [1.82, 2.24) is 4.90 Å². The highest BCUT2D eigenvalue weighted by Crippen LogP contribution is 2.13. The van der Waals surface area contributed by atoms with E-state index in [-0.39, 0.29) is 11.8 Å². The summed E-state index contributed by atoms with van der Waals surface area (Å²) in [6.07, 6.45) is 4.35. The van der Waals surface area contributed by atoms with E-state index in [1.165, 1.54) is 5.56 Å². The lowest BCUT2D eigenvalue weighted by molar-refractivity contribution is 0.0862. The van der Waals surface area contributed by atoms with Crippen LogP contribution in [0.4, 0.5) is 0 Å². The van der Waals surface area contributed by atoms with Gasteiger partial charge in [-0.25, -0.2) is 0 Å². The third-order valence-corrected chi connectivity index (χ3v) is 3.70. The zero-order chi connectivity index (χ0) is 14.5. The molecule has 106 valence electrons. The Bertz CT molecular complexity index is 543. The van der Waals surface area contributed by atoms with Gasteiger partial charge in [0, 0.05) is 17.7 Å². The maximum Gasteiger partial charge on any atom is 0.179 e. The standard InChI is InChI=1S/C17H21NO2/c1-4-14-5-7-16(8-6-14)17(19)13(2)18(3)11-15-9-10-20-12-15/h5-10,12-13H,4,11H2,1-3H3. The van der Waals surface area contributed by atoms with Gasteiger partial charge in [-0.3, -0.25) is 9.69 Å². The molecule has 20 heavy (non-hydrogen) atoms. The molecule has 0 aliphatic rings. The molecule has 3 heteroatoms. The van der Waals surface area contributed by atoms with E-state index >= 15 is 0 Å². The fourth-order valence-electron chi connectivity index (χ4n) is 2.15. The second kappa shape index (κ2) is 6.53. The minimum atomic E-state index is -0.155. The van der Waals surface area contributed by atoms with Crippen molar-refractivity contribution in [3.63, 3.8) is 0 Å². The molecular weight excluding hydrogens is 250 g/mol. The predicted molar refractivity (Wildman–Crippen MR) is 79.8 cm³/mol. The minimum Gasteiger partial charge on any atom is -0.472 e. The van der Waals surface area contributed by atoms with Crippen LogP contribution < -0.4 is 0 Å². The first kappa shape index (κ1) is 14.5. The van der Waals surface area contributed by atoms with Crippen molar-refractivity contribution in [3.8, 4) is 0 Å². The minimum absolute atomic E-state index is 0.152. The molecule has 0 spiro atoms. The molecule has 1 aromatic carbocycles. The van der Waals surface area contributed by atoms with Gasteiger partial charge < -0.3 is 4.42 Å². The third-order valence-electron chi connectivity index (χ3n) is 3.70. The second-order valence-corrected chi connectivity index (χ2v) is 5.14. The summed E-state index contributed by atoms with van der Waals surface area (Å²) in [6, 6.07) is 9.65. The summed E-state index contributed by atoms with van der Waals surface area (Å²) in [5, 5.41) is 0. The Labute approximate surface area is 120 Å². The second-order valence-electron chi connectivity index (χ2n) is 5.14. The number of hydrogen-bond acceptors (Lipinski definition) is 3. The molecule has 1 heterocycles. The van der Waals surface area contributed by atoms with Crippen LogP contribution in [0.25, 0.3) is 0 Å².